The Morgan fingerprint density at radius 2 is 1.62 bits per heavy atom. The molecule has 3 nitrogen and oxygen atoms in total. The van der Waals surface area contributed by atoms with E-state index in [4.69, 9.17) is 4.42 Å². The molecular weight excluding hydrogens is 796 g/mol. The third-order valence-corrected chi connectivity index (χ3v) is 16.7. The van der Waals surface area contributed by atoms with Gasteiger partial charge in [0.1, 0.15) is 11.0 Å². The minimum absolute atomic E-state index is 0.0111. The molecule has 0 radical (unpaired) electrons. The van der Waals surface area contributed by atoms with Crippen LogP contribution in [0.15, 0.2) is 111 Å². The molecule has 64 heavy (non-hydrogen) atoms. The monoisotopic (exact) mass is 873 g/mol. The van der Waals surface area contributed by atoms with E-state index in [0.717, 1.165) is 42.2 Å². The van der Waals surface area contributed by atoms with E-state index in [1.165, 1.54) is 90.8 Å². The summed E-state index contributed by atoms with van der Waals surface area (Å²) in [6.07, 6.45) is 25.4. The summed E-state index contributed by atoms with van der Waals surface area (Å²) in [6, 6.07) is 13.9. The van der Waals surface area contributed by atoms with Gasteiger partial charge in [0.2, 0.25) is 6.71 Å². The second-order valence-corrected chi connectivity index (χ2v) is 24.1. The normalized spacial score (nSPS) is 24.1. The molecular formula is C59H77BN2OS. The van der Waals surface area contributed by atoms with Crippen LogP contribution in [0.4, 0.5) is 5.00 Å². The fourth-order valence-electron chi connectivity index (χ4n) is 10.8. The number of rotatable bonds is 6. The summed E-state index contributed by atoms with van der Waals surface area (Å²) in [7, 11) is 0. The average Bonchev–Trinajstić information content (AvgIpc) is 3.81. The number of benzene rings is 2. The number of allylic oxidation sites excluding steroid dienone is 9. The van der Waals surface area contributed by atoms with Crippen LogP contribution in [0.5, 0.6) is 0 Å². The number of nitrogens with zero attached hydrogens (tertiary/aromatic N) is 2. The van der Waals surface area contributed by atoms with Crippen molar-refractivity contribution in [2.24, 2.45) is 22.2 Å². The van der Waals surface area contributed by atoms with Crippen molar-refractivity contribution in [1.29, 1.82) is 0 Å². The van der Waals surface area contributed by atoms with Crippen LogP contribution in [0.3, 0.4) is 0 Å². The number of thiophene rings is 1. The highest BCUT2D eigenvalue weighted by Crippen LogP contribution is 2.49. The molecule has 2 aromatic carbocycles. The lowest BCUT2D eigenvalue weighted by Crippen LogP contribution is -2.51. The Bertz CT molecular complexity index is 2780. The lowest BCUT2D eigenvalue weighted by molar-refractivity contribution is 0.241. The zero-order valence-corrected chi connectivity index (χ0v) is 43.0. The van der Waals surface area contributed by atoms with Gasteiger partial charge in [0, 0.05) is 44.6 Å². The van der Waals surface area contributed by atoms with Crippen LogP contribution >= 0.6 is 11.3 Å². The van der Waals surface area contributed by atoms with Crippen molar-refractivity contribution in [3.05, 3.63) is 128 Å². The third kappa shape index (κ3) is 8.77. The molecule has 0 N–H and O–H groups in total. The molecule has 2 aromatic heterocycles. The standard InChI is InChI=1S/C59H77BN2OS/c1-16-51-54(44-23-17-18-25-52(44)63-51)42(8)62-41(7)48(24-19-21-37(2)3)60-49(50(62)33-40(6)57(9,10)11)36-61(43-22-20-29-58(12,13)31-32-59(14,15)30-28-43)56-55(60)47-34-45-38(4)26-27-39(5)46(45)35-53(47)64-56/h16-20,22-25,28,33-35,37-39H,21,26-27,29-32,36H2,1-15H3/b22-20-,24-19-,40-33+,43-28+,51-16+,54-42+. The Balaban J connectivity index is 1.51. The van der Waals surface area contributed by atoms with Crippen LogP contribution in [0, 0.1) is 22.2 Å². The molecule has 4 heterocycles. The van der Waals surface area contributed by atoms with Gasteiger partial charge in [-0.15, -0.1) is 11.3 Å². The van der Waals surface area contributed by atoms with E-state index in [2.05, 4.69) is 193 Å². The van der Waals surface area contributed by atoms with E-state index in [-0.39, 0.29) is 23.0 Å². The van der Waals surface area contributed by atoms with E-state index in [1.54, 1.807) is 11.1 Å². The largest absolute Gasteiger partial charge is 0.456 e. The molecule has 2 aliphatic heterocycles. The zero-order valence-electron chi connectivity index (χ0n) is 42.2. The molecule has 0 spiro atoms. The zero-order chi connectivity index (χ0) is 46.0. The molecule has 2 aliphatic carbocycles. The molecule has 2 unspecified atom stereocenters. The first-order valence-electron chi connectivity index (χ1n) is 24.7. The van der Waals surface area contributed by atoms with Crippen molar-refractivity contribution in [1.82, 2.24) is 4.90 Å². The van der Waals surface area contributed by atoms with Crippen molar-refractivity contribution >= 4 is 61.3 Å². The summed E-state index contributed by atoms with van der Waals surface area (Å²) in [5.41, 5.74) is 16.4. The Morgan fingerprint density at radius 1 is 0.953 bits per heavy atom. The van der Waals surface area contributed by atoms with E-state index in [9.17, 15) is 0 Å². The van der Waals surface area contributed by atoms with Crippen molar-refractivity contribution in [2.45, 2.75) is 161 Å². The fraction of sp³-hybridized carbons (Fsp3) is 0.492. The lowest BCUT2D eigenvalue weighted by atomic mass is 9.32. The molecule has 5 heteroatoms. The van der Waals surface area contributed by atoms with Crippen molar-refractivity contribution < 1.29 is 4.42 Å². The summed E-state index contributed by atoms with van der Waals surface area (Å²) in [6.45, 7) is 36.7. The van der Waals surface area contributed by atoms with Crippen LogP contribution in [0.25, 0.3) is 32.8 Å². The van der Waals surface area contributed by atoms with Gasteiger partial charge in [0.05, 0.1) is 5.00 Å². The molecule has 0 amide bonds. The van der Waals surface area contributed by atoms with E-state index >= 15 is 0 Å². The second-order valence-electron chi connectivity index (χ2n) is 23.1. The van der Waals surface area contributed by atoms with Crippen LogP contribution < -0.4 is 21.0 Å². The van der Waals surface area contributed by atoms with Crippen LogP contribution in [-0.4, -0.2) is 18.2 Å². The molecule has 338 valence electrons. The first kappa shape index (κ1) is 46.3. The SMILES string of the molecule is C/C=c1/oc2ccccc2/c1=C(/C)N1C(C)=C(/C=C\CC(C)C)B2C(=C1/C=C(\C)C(C)(C)C)CN(C1=C/CC(C)(C)CCC(C)(C)C/C=C\1)c1sc3cc4c(cc3c12)C(C)CCC4C. The van der Waals surface area contributed by atoms with Gasteiger partial charge >= 0.3 is 0 Å². The average molecular weight is 873 g/mol. The number of hydrogen-bond donors (Lipinski definition) is 0. The predicted octanol–water partition coefficient (Wildman–Crippen LogP) is 15.4. The van der Waals surface area contributed by atoms with Gasteiger partial charge in [-0.3, -0.25) is 0 Å². The highest BCUT2D eigenvalue weighted by molar-refractivity contribution is 7.25. The van der Waals surface area contributed by atoms with Gasteiger partial charge in [-0.1, -0.05) is 130 Å². The first-order valence-corrected chi connectivity index (χ1v) is 25.5. The fourth-order valence-corrected chi connectivity index (χ4v) is 12.0. The highest BCUT2D eigenvalue weighted by atomic mass is 32.1. The van der Waals surface area contributed by atoms with Gasteiger partial charge in [0.15, 0.2) is 0 Å². The number of furan rings is 1. The Morgan fingerprint density at radius 3 is 2.30 bits per heavy atom. The van der Waals surface area contributed by atoms with Gasteiger partial charge in [0.25, 0.3) is 0 Å². The van der Waals surface area contributed by atoms with Crippen LogP contribution in [0.2, 0.25) is 0 Å². The quantitative estimate of drug-likeness (QED) is 0.180. The van der Waals surface area contributed by atoms with Gasteiger partial charge in [-0.25, -0.2) is 0 Å². The van der Waals surface area contributed by atoms with E-state index < -0.39 is 0 Å². The lowest BCUT2D eigenvalue weighted by Gasteiger charge is -2.44. The van der Waals surface area contributed by atoms with Crippen molar-refractivity contribution in [3.63, 3.8) is 0 Å². The maximum atomic E-state index is 6.62. The molecule has 0 fully saturated rings. The molecule has 0 saturated heterocycles. The summed E-state index contributed by atoms with van der Waals surface area (Å²) >= 11 is 2.05. The molecule has 4 aliphatic rings. The number of hydrogen-bond acceptors (Lipinski definition) is 4. The number of para-hydroxylation sites is 1. The summed E-state index contributed by atoms with van der Waals surface area (Å²) in [4.78, 5) is 5.38. The van der Waals surface area contributed by atoms with Gasteiger partial charge in [-0.05, 0) is 170 Å². The number of anilines is 1. The Kier molecular flexibility index (Phi) is 12.7. The van der Waals surface area contributed by atoms with Crippen LogP contribution in [0.1, 0.15) is 172 Å². The minimum Gasteiger partial charge on any atom is -0.456 e. The minimum atomic E-state index is -0.0111. The molecule has 0 saturated carbocycles. The highest BCUT2D eigenvalue weighted by Gasteiger charge is 2.45. The smallest absolute Gasteiger partial charge is 0.248 e. The maximum absolute atomic E-state index is 6.62. The molecule has 8 rings (SSSR count). The van der Waals surface area contributed by atoms with Crippen molar-refractivity contribution in [2.75, 3.05) is 11.4 Å². The van der Waals surface area contributed by atoms with E-state index in [0.29, 0.717) is 17.8 Å². The van der Waals surface area contributed by atoms with Crippen LogP contribution in [-0.2, 0) is 0 Å². The molecule has 0 bridgehead atoms. The second kappa shape index (κ2) is 17.5. The summed E-state index contributed by atoms with van der Waals surface area (Å²) < 4.78 is 8.06. The Labute approximate surface area is 391 Å². The molecule has 2 atom stereocenters. The first-order chi connectivity index (χ1) is 30.2. The topological polar surface area (TPSA) is 19.6 Å². The predicted molar refractivity (Wildman–Crippen MR) is 282 cm³/mol. The molecule has 4 aromatic rings. The van der Waals surface area contributed by atoms with E-state index in [1.807, 2.05) is 11.3 Å². The third-order valence-electron chi connectivity index (χ3n) is 15.5. The van der Waals surface area contributed by atoms with Gasteiger partial charge in [-0.2, -0.15) is 0 Å². The Hall–Kier alpha value is -4.22. The maximum Gasteiger partial charge on any atom is 0.248 e. The number of fused-ring (bicyclic) bond motifs is 7. The summed E-state index contributed by atoms with van der Waals surface area (Å²) in [5.74, 6) is 1.71. The summed E-state index contributed by atoms with van der Waals surface area (Å²) in [5, 5.41) is 5.21. The van der Waals surface area contributed by atoms with Crippen molar-refractivity contribution in [3.8, 4) is 0 Å². The van der Waals surface area contributed by atoms with Gasteiger partial charge < -0.3 is 14.2 Å².